The van der Waals surface area contributed by atoms with E-state index in [-0.39, 0.29) is 11.7 Å². The number of sulfonamides is 1. The minimum absolute atomic E-state index is 0.0877. The van der Waals surface area contributed by atoms with Crippen molar-refractivity contribution in [3.05, 3.63) is 12.2 Å². The van der Waals surface area contributed by atoms with Crippen LogP contribution >= 0.6 is 0 Å². The van der Waals surface area contributed by atoms with Crippen LogP contribution in [0.3, 0.4) is 0 Å². The number of ether oxygens (including phenoxy) is 1. The summed E-state index contributed by atoms with van der Waals surface area (Å²) in [5, 5.41) is 2.58. The Morgan fingerprint density at radius 1 is 1.33 bits per heavy atom. The van der Waals surface area contributed by atoms with Gasteiger partial charge in [0.25, 0.3) is 5.91 Å². The van der Waals surface area contributed by atoms with Crippen molar-refractivity contribution in [3.63, 3.8) is 0 Å². The molecule has 2 amide bonds. The molecule has 1 aliphatic heterocycles. The van der Waals surface area contributed by atoms with Crippen LogP contribution in [0.2, 0.25) is 0 Å². The maximum absolute atomic E-state index is 12.5. The van der Waals surface area contributed by atoms with Gasteiger partial charge in [-0.25, -0.2) is 13.2 Å². The van der Waals surface area contributed by atoms with Gasteiger partial charge in [-0.3, -0.25) is 9.52 Å². The largest absolute Gasteiger partial charge is 0.444 e. The molecule has 2 rings (SSSR count). The summed E-state index contributed by atoms with van der Waals surface area (Å²) in [6.07, 6.45) is 6.55. The standard InChI is InChI=1S/C16H26N2O5S/c1-15(2,3)23-14(20)17-16-11-12(16)9-7-5-4-6-8-10-24(21,22)18-13(16)19/h7,9,12H,4-6,8,10-11H2,1-3H3,(H,17,20)(H,18,19)/b9-7-/t12-,16-/m1/s1. The number of allylic oxidation sites excluding steroid dienone is 1. The third-order valence-electron chi connectivity index (χ3n) is 4.04. The lowest BCUT2D eigenvalue weighted by atomic mass is 10.1. The summed E-state index contributed by atoms with van der Waals surface area (Å²) in [6.45, 7) is 5.17. The van der Waals surface area contributed by atoms with Crippen molar-refractivity contribution in [1.82, 2.24) is 10.0 Å². The summed E-state index contributed by atoms with van der Waals surface area (Å²) in [7, 11) is -3.69. The predicted octanol–water partition coefficient (Wildman–Crippen LogP) is 1.85. The lowest BCUT2D eigenvalue weighted by Crippen LogP contribution is -2.53. The highest BCUT2D eigenvalue weighted by molar-refractivity contribution is 7.90. The fourth-order valence-corrected chi connectivity index (χ4v) is 3.89. The number of nitrogens with one attached hydrogen (secondary N) is 2. The molecule has 0 aromatic heterocycles. The van der Waals surface area contributed by atoms with Crippen LogP contribution in [0.5, 0.6) is 0 Å². The van der Waals surface area contributed by atoms with Crippen molar-refractivity contribution in [1.29, 1.82) is 0 Å². The lowest BCUT2D eigenvalue weighted by Gasteiger charge is -2.23. The molecule has 0 unspecified atom stereocenters. The fourth-order valence-electron chi connectivity index (χ4n) is 2.74. The molecule has 2 aliphatic rings. The van der Waals surface area contributed by atoms with Crippen molar-refractivity contribution < 1.29 is 22.7 Å². The molecule has 1 saturated carbocycles. The second-order valence-corrected chi connectivity index (χ2v) is 9.28. The molecule has 0 saturated heterocycles. The Bertz CT molecular complexity index is 635. The van der Waals surface area contributed by atoms with Crippen molar-refractivity contribution in [2.75, 3.05) is 5.75 Å². The second kappa shape index (κ2) is 6.74. The van der Waals surface area contributed by atoms with Crippen LogP contribution in [-0.2, 0) is 19.6 Å². The SMILES string of the molecule is CC(C)(C)OC(=O)N[C@]12C[C@H]1/C=C\CCCCCS(=O)(=O)NC2=O. The van der Waals surface area contributed by atoms with Gasteiger partial charge in [-0.2, -0.15) is 0 Å². The number of amides is 2. The molecule has 0 spiro atoms. The summed E-state index contributed by atoms with van der Waals surface area (Å²) >= 11 is 0. The summed E-state index contributed by atoms with van der Waals surface area (Å²) in [5.74, 6) is -1.00. The van der Waals surface area contributed by atoms with Crippen molar-refractivity contribution in [3.8, 4) is 0 Å². The lowest BCUT2D eigenvalue weighted by molar-refractivity contribution is -0.122. The van der Waals surface area contributed by atoms with Gasteiger partial charge in [0.1, 0.15) is 11.1 Å². The average Bonchev–Trinajstić information content (AvgIpc) is 3.07. The van der Waals surface area contributed by atoms with Crippen LogP contribution in [0.15, 0.2) is 12.2 Å². The minimum atomic E-state index is -3.69. The van der Waals surface area contributed by atoms with Gasteiger partial charge in [0, 0.05) is 5.92 Å². The van der Waals surface area contributed by atoms with Gasteiger partial charge in [0.15, 0.2) is 0 Å². The van der Waals surface area contributed by atoms with Gasteiger partial charge >= 0.3 is 6.09 Å². The van der Waals surface area contributed by atoms with Gasteiger partial charge < -0.3 is 10.1 Å². The number of alkyl carbamates (subject to hydrolysis) is 1. The first-order valence-corrected chi connectivity index (χ1v) is 9.92. The Morgan fingerprint density at radius 2 is 2.04 bits per heavy atom. The Kier molecular flexibility index (Phi) is 5.27. The van der Waals surface area contributed by atoms with Crippen molar-refractivity contribution >= 4 is 22.0 Å². The number of fused-ring (bicyclic) bond motifs is 1. The molecule has 2 atom stereocenters. The Morgan fingerprint density at radius 3 is 2.71 bits per heavy atom. The zero-order valence-electron chi connectivity index (χ0n) is 14.4. The third kappa shape index (κ3) is 4.96. The zero-order valence-corrected chi connectivity index (χ0v) is 15.2. The number of carbonyl (C=O) groups is 2. The van der Waals surface area contributed by atoms with E-state index in [2.05, 4.69) is 10.0 Å². The summed E-state index contributed by atoms with van der Waals surface area (Å²) in [6, 6.07) is 0. The van der Waals surface area contributed by atoms with Crippen molar-refractivity contribution in [2.45, 2.75) is 64.0 Å². The smallest absolute Gasteiger partial charge is 0.408 e. The normalized spacial score (nSPS) is 31.5. The van der Waals surface area contributed by atoms with E-state index in [1.54, 1.807) is 20.8 Å². The van der Waals surface area contributed by atoms with Gasteiger partial charge in [0.2, 0.25) is 10.0 Å². The van der Waals surface area contributed by atoms with E-state index in [4.69, 9.17) is 4.74 Å². The Hall–Kier alpha value is -1.57. The monoisotopic (exact) mass is 358 g/mol. The molecule has 2 N–H and O–H groups in total. The maximum Gasteiger partial charge on any atom is 0.408 e. The third-order valence-corrected chi connectivity index (χ3v) is 5.37. The first kappa shape index (κ1) is 18.8. The van der Waals surface area contributed by atoms with E-state index in [0.29, 0.717) is 12.8 Å². The molecule has 0 aromatic carbocycles. The summed E-state index contributed by atoms with van der Waals surface area (Å²) < 4.78 is 31.4. The molecule has 7 nitrogen and oxygen atoms in total. The number of carbonyl (C=O) groups excluding carboxylic acids is 2. The van der Waals surface area contributed by atoms with Crippen LogP contribution in [0.4, 0.5) is 4.79 Å². The van der Waals surface area contributed by atoms with E-state index in [1.807, 2.05) is 12.2 Å². The van der Waals surface area contributed by atoms with E-state index in [0.717, 1.165) is 19.3 Å². The molecule has 1 fully saturated rings. The zero-order chi connectivity index (χ0) is 18.0. The molecule has 0 radical (unpaired) electrons. The first-order valence-electron chi connectivity index (χ1n) is 8.27. The highest BCUT2D eigenvalue weighted by Gasteiger charge is 2.61. The summed E-state index contributed by atoms with van der Waals surface area (Å²) in [5.41, 5.74) is -1.94. The van der Waals surface area contributed by atoms with Crippen LogP contribution in [0, 0.1) is 5.92 Å². The first-order chi connectivity index (χ1) is 11.0. The number of hydrogen-bond acceptors (Lipinski definition) is 5. The van der Waals surface area contributed by atoms with E-state index in [9.17, 15) is 18.0 Å². The maximum atomic E-state index is 12.5. The van der Waals surface area contributed by atoms with Crippen LogP contribution in [0.1, 0.15) is 52.9 Å². The number of rotatable bonds is 1. The van der Waals surface area contributed by atoms with Crippen LogP contribution in [-0.4, -0.2) is 37.3 Å². The Balaban J connectivity index is 2.18. The van der Waals surface area contributed by atoms with E-state index >= 15 is 0 Å². The van der Waals surface area contributed by atoms with Crippen LogP contribution in [0.25, 0.3) is 0 Å². The van der Waals surface area contributed by atoms with Crippen molar-refractivity contribution in [2.24, 2.45) is 5.92 Å². The molecular formula is C16H26N2O5S. The van der Waals surface area contributed by atoms with E-state index in [1.165, 1.54) is 0 Å². The Labute approximate surface area is 143 Å². The molecule has 136 valence electrons. The fraction of sp³-hybridized carbons (Fsp3) is 0.750. The topological polar surface area (TPSA) is 102 Å². The second-order valence-electron chi connectivity index (χ2n) is 7.44. The van der Waals surface area contributed by atoms with Gasteiger partial charge in [-0.05, 0) is 46.5 Å². The molecule has 0 aromatic rings. The molecule has 24 heavy (non-hydrogen) atoms. The van der Waals surface area contributed by atoms with E-state index < -0.39 is 33.2 Å². The minimum Gasteiger partial charge on any atom is -0.444 e. The number of hydrogen-bond donors (Lipinski definition) is 2. The van der Waals surface area contributed by atoms with Gasteiger partial charge in [-0.1, -0.05) is 18.6 Å². The predicted molar refractivity (Wildman–Crippen MR) is 89.7 cm³/mol. The van der Waals surface area contributed by atoms with Crippen LogP contribution < -0.4 is 10.0 Å². The molecule has 1 aliphatic carbocycles. The molecule has 8 heteroatoms. The van der Waals surface area contributed by atoms with Gasteiger partial charge in [-0.15, -0.1) is 0 Å². The highest BCUT2D eigenvalue weighted by Crippen LogP contribution is 2.45. The molecule has 0 bridgehead atoms. The van der Waals surface area contributed by atoms with Gasteiger partial charge in [0.05, 0.1) is 5.75 Å². The molecule has 1 heterocycles. The average molecular weight is 358 g/mol. The summed E-state index contributed by atoms with van der Waals surface area (Å²) in [4.78, 5) is 24.6. The highest BCUT2D eigenvalue weighted by atomic mass is 32.2. The quantitative estimate of drug-likeness (QED) is 0.697. The molecular weight excluding hydrogens is 332 g/mol.